The predicted octanol–water partition coefficient (Wildman–Crippen LogP) is 4.50. The average molecular weight is 368 g/mol. The Kier molecular flexibility index (Phi) is 5.44. The van der Waals surface area contributed by atoms with Gasteiger partial charge in [-0.25, -0.2) is 4.79 Å². The fourth-order valence-electron chi connectivity index (χ4n) is 2.11. The highest BCUT2D eigenvalue weighted by Gasteiger charge is 2.30. The first-order chi connectivity index (χ1) is 12.0. The molecular formula is C18H19F3N2O3. The van der Waals surface area contributed by atoms with Crippen LogP contribution in [0, 0.1) is 0 Å². The Hall–Kier alpha value is -2.77. The number of phenolic OH excluding ortho intramolecular Hbond substituents is 1. The normalized spacial score (nSPS) is 11.9. The predicted molar refractivity (Wildman–Crippen MR) is 89.4 cm³/mol. The molecule has 140 valence electrons. The third-order valence-electron chi connectivity index (χ3n) is 3.26. The van der Waals surface area contributed by atoms with E-state index in [2.05, 4.69) is 10.3 Å². The van der Waals surface area contributed by atoms with Crippen molar-refractivity contribution in [1.82, 2.24) is 10.3 Å². The molecule has 0 radical (unpaired) electrons. The molecule has 5 nitrogen and oxygen atoms in total. The minimum atomic E-state index is -4.48. The summed E-state index contributed by atoms with van der Waals surface area (Å²) in [6, 6.07) is 6.60. The molecule has 0 bridgehead atoms. The Morgan fingerprint density at radius 2 is 1.88 bits per heavy atom. The average Bonchev–Trinajstić information content (AvgIpc) is 2.52. The van der Waals surface area contributed by atoms with Crippen molar-refractivity contribution < 1.29 is 27.8 Å². The second-order valence-electron chi connectivity index (χ2n) is 6.64. The second-order valence-corrected chi connectivity index (χ2v) is 6.64. The van der Waals surface area contributed by atoms with Crippen LogP contribution >= 0.6 is 0 Å². The maximum atomic E-state index is 12.6. The lowest BCUT2D eigenvalue weighted by atomic mass is 10.1. The molecule has 0 aliphatic carbocycles. The van der Waals surface area contributed by atoms with Crippen molar-refractivity contribution in [3.63, 3.8) is 0 Å². The van der Waals surface area contributed by atoms with Crippen LogP contribution in [0.25, 0.3) is 11.3 Å². The number of nitrogens with zero attached hydrogens (tertiary/aromatic N) is 1. The molecule has 1 aromatic heterocycles. The van der Waals surface area contributed by atoms with E-state index in [0.29, 0.717) is 11.8 Å². The van der Waals surface area contributed by atoms with E-state index >= 15 is 0 Å². The first kappa shape index (κ1) is 19.6. The van der Waals surface area contributed by atoms with Gasteiger partial charge in [-0.3, -0.25) is 4.98 Å². The number of aromatic hydroxyl groups is 1. The van der Waals surface area contributed by atoms with Crippen LogP contribution in [0.2, 0.25) is 0 Å². The fraction of sp³-hybridized carbons (Fsp3) is 0.333. The molecule has 0 saturated heterocycles. The number of pyridine rings is 1. The van der Waals surface area contributed by atoms with E-state index in [0.717, 1.165) is 6.07 Å². The number of halogens is 3. The van der Waals surface area contributed by atoms with Crippen molar-refractivity contribution >= 4 is 6.09 Å². The minimum absolute atomic E-state index is 0.127. The monoisotopic (exact) mass is 368 g/mol. The van der Waals surface area contributed by atoms with Crippen LogP contribution in [0.15, 0.2) is 36.5 Å². The summed E-state index contributed by atoms with van der Waals surface area (Å²) in [6.45, 7) is 5.34. The zero-order valence-electron chi connectivity index (χ0n) is 14.5. The molecule has 8 heteroatoms. The number of benzene rings is 1. The summed E-state index contributed by atoms with van der Waals surface area (Å²) in [5.41, 5.74) is -0.417. The molecule has 0 spiro atoms. The maximum Gasteiger partial charge on any atom is 0.417 e. The zero-order chi connectivity index (χ0) is 19.5. The van der Waals surface area contributed by atoms with E-state index in [4.69, 9.17) is 4.74 Å². The third kappa shape index (κ3) is 5.37. The number of phenols is 1. The SMILES string of the molecule is CC(C)(C)OC(=O)NCc1ccc(O)c(-c2ccc(C(F)(F)F)cn2)c1. The first-order valence-electron chi connectivity index (χ1n) is 7.78. The zero-order valence-corrected chi connectivity index (χ0v) is 14.5. The van der Waals surface area contributed by atoms with Crippen molar-refractivity contribution in [1.29, 1.82) is 0 Å². The summed E-state index contributed by atoms with van der Waals surface area (Å²) < 4.78 is 43.0. The number of alkyl halides is 3. The molecule has 26 heavy (non-hydrogen) atoms. The summed E-state index contributed by atoms with van der Waals surface area (Å²) >= 11 is 0. The number of carbonyl (C=O) groups excluding carboxylic acids is 1. The van der Waals surface area contributed by atoms with E-state index < -0.39 is 23.4 Å². The highest BCUT2D eigenvalue weighted by Crippen LogP contribution is 2.32. The molecule has 1 amide bonds. The standard InChI is InChI=1S/C18H19F3N2O3/c1-17(2,3)26-16(25)23-9-11-4-7-15(24)13(8-11)14-6-5-12(10-22-14)18(19,20)21/h4-8,10,24H,9H2,1-3H3,(H,23,25). The van der Waals surface area contributed by atoms with Gasteiger partial charge in [0.25, 0.3) is 0 Å². The van der Waals surface area contributed by atoms with Crippen molar-refractivity contribution in [2.24, 2.45) is 0 Å². The van der Waals surface area contributed by atoms with E-state index in [9.17, 15) is 23.1 Å². The summed E-state index contributed by atoms with van der Waals surface area (Å²) in [6.07, 6.45) is -4.37. The van der Waals surface area contributed by atoms with Crippen LogP contribution in [0.4, 0.5) is 18.0 Å². The summed E-state index contributed by atoms with van der Waals surface area (Å²) in [7, 11) is 0. The largest absolute Gasteiger partial charge is 0.507 e. The van der Waals surface area contributed by atoms with Crippen molar-refractivity contribution in [3.8, 4) is 17.0 Å². The van der Waals surface area contributed by atoms with Gasteiger partial charge in [0.15, 0.2) is 0 Å². The van der Waals surface area contributed by atoms with Gasteiger partial charge in [0, 0.05) is 18.3 Å². The lowest BCUT2D eigenvalue weighted by molar-refractivity contribution is -0.137. The molecule has 0 saturated carbocycles. The van der Waals surface area contributed by atoms with Gasteiger partial charge in [-0.2, -0.15) is 13.2 Å². The summed E-state index contributed by atoms with van der Waals surface area (Å²) in [5, 5.41) is 12.5. The van der Waals surface area contributed by atoms with Crippen LogP contribution in [-0.2, 0) is 17.5 Å². The topological polar surface area (TPSA) is 71.5 Å². The van der Waals surface area contributed by atoms with Crippen LogP contribution in [0.3, 0.4) is 0 Å². The number of amides is 1. The number of hydrogen-bond donors (Lipinski definition) is 2. The Morgan fingerprint density at radius 1 is 1.19 bits per heavy atom. The molecular weight excluding hydrogens is 349 g/mol. The van der Waals surface area contributed by atoms with Gasteiger partial charge < -0.3 is 15.2 Å². The van der Waals surface area contributed by atoms with Gasteiger partial charge in [0.2, 0.25) is 0 Å². The van der Waals surface area contributed by atoms with Gasteiger partial charge in [0.1, 0.15) is 11.4 Å². The van der Waals surface area contributed by atoms with Gasteiger partial charge in [-0.15, -0.1) is 0 Å². The Morgan fingerprint density at radius 3 is 2.42 bits per heavy atom. The van der Waals surface area contributed by atoms with Crippen LogP contribution in [-0.4, -0.2) is 21.8 Å². The van der Waals surface area contributed by atoms with E-state index in [-0.39, 0.29) is 23.6 Å². The Balaban J connectivity index is 2.16. The first-order valence-corrected chi connectivity index (χ1v) is 7.78. The second kappa shape index (κ2) is 7.23. The lowest BCUT2D eigenvalue weighted by Crippen LogP contribution is -2.32. The maximum absolute atomic E-state index is 12.6. The molecule has 0 aliphatic rings. The molecule has 1 heterocycles. The van der Waals surface area contributed by atoms with Crippen LogP contribution in [0.1, 0.15) is 31.9 Å². The van der Waals surface area contributed by atoms with E-state index in [1.54, 1.807) is 32.9 Å². The highest BCUT2D eigenvalue weighted by molar-refractivity contribution is 5.69. The highest BCUT2D eigenvalue weighted by atomic mass is 19.4. The Bertz CT molecular complexity index is 782. The van der Waals surface area contributed by atoms with E-state index in [1.165, 1.54) is 12.1 Å². The molecule has 2 N–H and O–H groups in total. The van der Waals surface area contributed by atoms with Crippen LogP contribution < -0.4 is 5.32 Å². The van der Waals surface area contributed by atoms with Crippen molar-refractivity contribution in [3.05, 3.63) is 47.7 Å². The molecule has 0 fully saturated rings. The number of alkyl carbamates (subject to hydrolysis) is 1. The molecule has 0 aliphatic heterocycles. The summed E-state index contributed by atoms with van der Waals surface area (Å²) in [5.74, 6) is -0.127. The van der Waals surface area contributed by atoms with Gasteiger partial charge in [-0.1, -0.05) is 6.07 Å². The van der Waals surface area contributed by atoms with Crippen molar-refractivity contribution in [2.75, 3.05) is 0 Å². The minimum Gasteiger partial charge on any atom is -0.507 e. The van der Waals surface area contributed by atoms with Gasteiger partial charge >= 0.3 is 12.3 Å². The molecule has 0 atom stereocenters. The number of carbonyl (C=O) groups is 1. The number of nitrogens with one attached hydrogen (secondary N) is 1. The van der Waals surface area contributed by atoms with Gasteiger partial charge in [0.05, 0.1) is 11.3 Å². The molecule has 1 aromatic carbocycles. The molecule has 0 unspecified atom stereocenters. The summed E-state index contributed by atoms with van der Waals surface area (Å²) in [4.78, 5) is 15.5. The van der Waals surface area contributed by atoms with E-state index in [1.807, 2.05) is 0 Å². The number of rotatable bonds is 3. The number of hydrogen-bond acceptors (Lipinski definition) is 4. The van der Waals surface area contributed by atoms with Crippen LogP contribution in [0.5, 0.6) is 5.75 Å². The Labute approximate surface area is 148 Å². The fourth-order valence-corrected chi connectivity index (χ4v) is 2.11. The molecule has 2 aromatic rings. The van der Waals surface area contributed by atoms with Gasteiger partial charge in [-0.05, 0) is 50.6 Å². The lowest BCUT2D eigenvalue weighted by Gasteiger charge is -2.19. The smallest absolute Gasteiger partial charge is 0.417 e. The third-order valence-corrected chi connectivity index (χ3v) is 3.26. The quantitative estimate of drug-likeness (QED) is 0.837. The van der Waals surface area contributed by atoms with Crippen molar-refractivity contribution in [2.45, 2.75) is 39.1 Å². The molecule has 2 rings (SSSR count). The number of ether oxygens (including phenoxy) is 1. The number of aromatic nitrogens is 1.